The molecule has 0 atom stereocenters. The summed E-state index contributed by atoms with van der Waals surface area (Å²) >= 11 is 12.0. The fourth-order valence-electron chi connectivity index (χ4n) is 3.12. The minimum absolute atomic E-state index is 0.726. The lowest BCUT2D eigenvalue weighted by Gasteiger charge is -2.25. The topological polar surface area (TPSA) is 3.24 Å². The first-order valence-corrected chi connectivity index (χ1v) is 10.1. The highest BCUT2D eigenvalue weighted by Crippen LogP contribution is 2.35. The van der Waals surface area contributed by atoms with Crippen LogP contribution in [0.25, 0.3) is 12.2 Å². The normalized spacial score (nSPS) is 11.0. The molecule has 0 aliphatic rings. The molecule has 29 heavy (non-hydrogen) atoms. The second-order valence-electron chi connectivity index (χ2n) is 6.62. The van der Waals surface area contributed by atoms with Gasteiger partial charge in [-0.2, -0.15) is 0 Å². The number of benzene rings is 4. The first kappa shape index (κ1) is 19.3. The molecule has 0 aliphatic heterocycles. The largest absolute Gasteiger partial charge is 0.311 e. The molecular formula is C26H19Cl2N. The Morgan fingerprint density at radius 3 is 1.34 bits per heavy atom. The molecule has 0 saturated heterocycles. The minimum Gasteiger partial charge on any atom is -0.311 e. The van der Waals surface area contributed by atoms with Crippen molar-refractivity contribution in [2.45, 2.75) is 0 Å². The number of anilines is 3. The Kier molecular flexibility index (Phi) is 6.00. The highest BCUT2D eigenvalue weighted by molar-refractivity contribution is 6.30. The molecule has 0 aromatic heterocycles. The van der Waals surface area contributed by atoms with E-state index in [2.05, 4.69) is 53.5 Å². The molecule has 1 nitrogen and oxygen atoms in total. The van der Waals surface area contributed by atoms with Crippen molar-refractivity contribution >= 4 is 52.4 Å². The van der Waals surface area contributed by atoms with Crippen molar-refractivity contribution in [1.29, 1.82) is 0 Å². The lowest BCUT2D eigenvalue weighted by atomic mass is 10.1. The van der Waals surface area contributed by atoms with Gasteiger partial charge in [-0.05, 0) is 71.8 Å². The van der Waals surface area contributed by atoms with Gasteiger partial charge in [-0.25, -0.2) is 0 Å². The van der Waals surface area contributed by atoms with Crippen LogP contribution in [0.4, 0.5) is 17.1 Å². The molecule has 0 N–H and O–H groups in total. The van der Waals surface area contributed by atoms with Gasteiger partial charge in [-0.1, -0.05) is 77.8 Å². The van der Waals surface area contributed by atoms with Gasteiger partial charge < -0.3 is 4.90 Å². The molecule has 0 radical (unpaired) electrons. The van der Waals surface area contributed by atoms with Gasteiger partial charge in [0.05, 0.1) is 0 Å². The third-order valence-corrected chi connectivity index (χ3v) is 5.09. The maximum Gasteiger partial charge on any atom is 0.0462 e. The van der Waals surface area contributed by atoms with Crippen LogP contribution in [-0.4, -0.2) is 0 Å². The van der Waals surface area contributed by atoms with E-state index in [1.165, 1.54) is 0 Å². The van der Waals surface area contributed by atoms with Crippen molar-refractivity contribution in [3.8, 4) is 0 Å². The molecule has 142 valence electrons. The van der Waals surface area contributed by atoms with Crippen LogP contribution in [0, 0.1) is 0 Å². The lowest BCUT2D eigenvalue weighted by molar-refractivity contribution is 1.28. The number of para-hydroxylation sites is 1. The minimum atomic E-state index is 0.726. The van der Waals surface area contributed by atoms with Crippen LogP contribution in [0.1, 0.15) is 11.1 Å². The SMILES string of the molecule is Clc1ccc(C=Cc2ccc(N(c3ccccc3)c3ccc(Cl)cc3)cc2)cc1. The van der Waals surface area contributed by atoms with Crippen molar-refractivity contribution in [3.05, 3.63) is 124 Å². The van der Waals surface area contributed by atoms with Crippen LogP contribution in [0.5, 0.6) is 0 Å². The maximum atomic E-state index is 6.09. The molecule has 0 amide bonds. The Balaban J connectivity index is 1.63. The van der Waals surface area contributed by atoms with Crippen molar-refractivity contribution in [2.75, 3.05) is 4.90 Å². The fraction of sp³-hybridized carbons (Fsp3) is 0. The molecule has 0 saturated carbocycles. The average molecular weight is 416 g/mol. The van der Waals surface area contributed by atoms with Gasteiger partial charge in [0.1, 0.15) is 0 Å². The van der Waals surface area contributed by atoms with Crippen LogP contribution in [0.3, 0.4) is 0 Å². The Morgan fingerprint density at radius 2 is 0.828 bits per heavy atom. The van der Waals surface area contributed by atoms with Gasteiger partial charge in [0.15, 0.2) is 0 Å². The average Bonchev–Trinajstić information content (AvgIpc) is 2.77. The highest BCUT2D eigenvalue weighted by Gasteiger charge is 2.11. The van der Waals surface area contributed by atoms with Gasteiger partial charge in [0.25, 0.3) is 0 Å². The van der Waals surface area contributed by atoms with E-state index in [1.807, 2.05) is 66.7 Å². The van der Waals surface area contributed by atoms with Crippen LogP contribution < -0.4 is 4.90 Å². The summed E-state index contributed by atoms with van der Waals surface area (Å²) in [6, 6.07) is 34.5. The predicted octanol–water partition coefficient (Wildman–Crippen LogP) is 8.63. The second-order valence-corrected chi connectivity index (χ2v) is 7.50. The second kappa shape index (κ2) is 9.00. The molecule has 4 rings (SSSR count). The van der Waals surface area contributed by atoms with E-state index in [0.717, 1.165) is 38.2 Å². The lowest BCUT2D eigenvalue weighted by Crippen LogP contribution is -2.09. The fourth-order valence-corrected chi connectivity index (χ4v) is 3.37. The Morgan fingerprint density at radius 1 is 0.448 bits per heavy atom. The molecule has 4 aromatic carbocycles. The van der Waals surface area contributed by atoms with Crippen LogP contribution in [-0.2, 0) is 0 Å². The number of hydrogen-bond acceptors (Lipinski definition) is 1. The summed E-state index contributed by atoms with van der Waals surface area (Å²) in [4.78, 5) is 2.21. The third-order valence-electron chi connectivity index (χ3n) is 4.59. The van der Waals surface area contributed by atoms with Crippen molar-refractivity contribution < 1.29 is 0 Å². The summed E-state index contributed by atoms with van der Waals surface area (Å²) in [7, 11) is 0. The number of nitrogens with zero attached hydrogens (tertiary/aromatic N) is 1. The first-order chi connectivity index (χ1) is 14.2. The van der Waals surface area contributed by atoms with E-state index in [0.29, 0.717) is 0 Å². The van der Waals surface area contributed by atoms with E-state index < -0.39 is 0 Å². The Hall–Kier alpha value is -3.00. The zero-order chi connectivity index (χ0) is 20.1. The zero-order valence-electron chi connectivity index (χ0n) is 15.7. The van der Waals surface area contributed by atoms with E-state index in [-0.39, 0.29) is 0 Å². The van der Waals surface area contributed by atoms with Crippen LogP contribution >= 0.6 is 23.2 Å². The van der Waals surface area contributed by atoms with Crippen LogP contribution in [0.15, 0.2) is 103 Å². The van der Waals surface area contributed by atoms with Gasteiger partial charge in [0, 0.05) is 27.1 Å². The van der Waals surface area contributed by atoms with Crippen molar-refractivity contribution in [3.63, 3.8) is 0 Å². The molecule has 3 heteroatoms. The molecule has 0 spiro atoms. The predicted molar refractivity (Wildman–Crippen MR) is 127 cm³/mol. The summed E-state index contributed by atoms with van der Waals surface area (Å²) in [6.07, 6.45) is 4.18. The van der Waals surface area contributed by atoms with E-state index >= 15 is 0 Å². The van der Waals surface area contributed by atoms with E-state index in [9.17, 15) is 0 Å². The van der Waals surface area contributed by atoms with E-state index in [4.69, 9.17) is 23.2 Å². The molecule has 0 aliphatic carbocycles. The van der Waals surface area contributed by atoms with Gasteiger partial charge in [0.2, 0.25) is 0 Å². The van der Waals surface area contributed by atoms with Crippen molar-refractivity contribution in [2.24, 2.45) is 0 Å². The Bertz CT molecular complexity index is 1080. The molecule has 4 aromatic rings. The summed E-state index contributed by atoms with van der Waals surface area (Å²) < 4.78 is 0. The van der Waals surface area contributed by atoms with Gasteiger partial charge in [-0.3, -0.25) is 0 Å². The smallest absolute Gasteiger partial charge is 0.0462 e. The summed E-state index contributed by atoms with van der Waals surface area (Å²) in [5.74, 6) is 0. The zero-order valence-corrected chi connectivity index (χ0v) is 17.2. The standard InChI is InChI=1S/C26H19Cl2N/c27-22-12-8-20(9-13-22)6-7-21-10-16-25(17-11-21)29(24-4-2-1-3-5-24)26-18-14-23(28)15-19-26/h1-19H. The number of hydrogen-bond donors (Lipinski definition) is 0. The summed E-state index contributed by atoms with van der Waals surface area (Å²) in [5.41, 5.74) is 5.49. The van der Waals surface area contributed by atoms with Gasteiger partial charge in [-0.15, -0.1) is 0 Å². The molecular weight excluding hydrogens is 397 g/mol. The van der Waals surface area contributed by atoms with E-state index in [1.54, 1.807) is 0 Å². The summed E-state index contributed by atoms with van der Waals surface area (Å²) in [5, 5.41) is 1.47. The molecule has 0 heterocycles. The molecule has 0 fully saturated rings. The Labute approximate surface area is 181 Å². The highest BCUT2D eigenvalue weighted by atomic mass is 35.5. The molecule has 0 bridgehead atoms. The third kappa shape index (κ3) is 4.89. The van der Waals surface area contributed by atoms with Crippen LogP contribution in [0.2, 0.25) is 10.0 Å². The first-order valence-electron chi connectivity index (χ1n) is 9.33. The summed E-state index contributed by atoms with van der Waals surface area (Å²) in [6.45, 7) is 0. The molecule has 0 unspecified atom stereocenters. The van der Waals surface area contributed by atoms with Crippen molar-refractivity contribution in [1.82, 2.24) is 0 Å². The number of halogens is 2. The maximum absolute atomic E-state index is 6.09. The van der Waals surface area contributed by atoms with Gasteiger partial charge >= 0.3 is 0 Å². The monoisotopic (exact) mass is 415 g/mol. The number of rotatable bonds is 5. The quantitative estimate of drug-likeness (QED) is 0.294.